The molecule has 5 nitrogen and oxygen atoms in total. The third kappa shape index (κ3) is 3.24. The van der Waals surface area contributed by atoms with Crippen LogP contribution in [0.5, 0.6) is 5.75 Å². The largest absolute Gasteiger partial charge is 0.492 e. The molecule has 0 radical (unpaired) electrons. The lowest BCUT2D eigenvalue weighted by Crippen LogP contribution is -2.04. The number of para-hydroxylation sites is 2. The minimum atomic E-state index is 0.515. The first kappa shape index (κ1) is 13.7. The molecule has 0 bridgehead atoms. The standard InChI is InChI=1S/C16H20N4O/c1-3-21-13-7-5-4-6-12(13)18-15-10-14(17-2)19-16(20-15)11-8-9-11/h4-7,10-11H,3,8-9H2,1-2H3,(H2,17,18,19,20). The maximum absolute atomic E-state index is 5.63. The minimum absolute atomic E-state index is 0.515. The summed E-state index contributed by atoms with van der Waals surface area (Å²) in [6.45, 7) is 2.61. The Labute approximate surface area is 124 Å². The van der Waals surface area contributed by atoms with Gasteiger partial charge < -0.3 is 15.4 Å². The topological polar surface area (TPSA) is 59.1 Å². The van der Waals surface area contributed by atoms with Gasteiger partial charge in [0.05, 0.1) is 12.3 Å². The number of nitrogens with zero attached hydrogens (tertiary/aromatic N) is 2. The lowest BCUT2D eigenvalue weighted by molar-refractivity contribution is 0.342. The van der Waals surface area contributed by atoms with Gasteiger partial charge in [0, 0.05) is 19.0 Å². The summed E-state index contributed by atoms with van der Waals surface area (Å²) in [6, 6.07) is 9.79. The molecule has 1 heterocycles. The van der Waals surface area contributed by atoms with Crippen LogP contribution in [0, 0.1) is 0 Å². The summed E-state index contributed by atoms with van der Waals surface area (Å²) in [7, 11) is 1.87. The van der Waals surface area contributed by atoms with E-state index >= 15 is 0 Å². The van der Waals surface area contributed by atoms with Gasteiger partial charge in [-0.1, -0.05) is 12.1 Å². The van der Waals surface area contributed by atoms with Gasteiger partial charge in [-0.3, -0.25) is 0 Å². The van der Waals surface area contributed by atoms with Crippen LogP contribution in [0.3, 0.4) is 0 Å². The fraction of sp³-hybridized carbons (Fsp3) is 0.375. The van der Waals surface area contributed by atoms with Crippen LogP contribution in [0.4, 0.5) is 17.3 Å². The van der Waals surface area contributed by atoms with E-state index in [9.17, 15) is 0 Å². The van der Waals surface area contributed by atoms with Gasteiger partial charge in [-0.2, -0.15) is 0 Å². The van der Waals surface area contributed by atoms with Gasteiger partial charge >= 0.3 is 0 Å². The second-order valence-electron chi connectivity index (χ2n) is 5.08. The molecule has 1 fully saturated rings. The maximum atomic E-state index is 5.63. The Kier molecular flexibility index (Phi) is 3.90. The smallest absolute Gasteiger partial charge is 0.142 e. The van der Waals surface area contributed by atoms with E-state index in [4.69, 9.17) is 4.74 Å². The first-order chi connectivity index (χ1) is 10.3. The average molecular weight is 284 g/mol. The van der Waals surface area contributed by atoms with Crippen molar-refractivity contribution in [1.29, 1.82) is 0 Å². The zero-order valence-electron chi connectivity index (χ0n) is 12.4. The number of benzene rings is 1. The Hall–Kier alpha value is -2.30. The third-order valence-corrected chi connectivity index (χ3v) is 3.39. The van der Waals surface area contributed by atoms with Gasteiger partial charge in [0.1, 0.15) is 23.2 Å². The third-order valence-electron chi connectivity index (χ3n) is 3.39. The summed E-state index contributed by atoms with van der Waals surface area (Å²) >= 11 is 0. The molecule has 0 aliphatic heterocycles. The Morgan fingerprint density at radius 2 is 1.95 bits per heavy atom. The number of nitrogens with one attached hydrogen (secondary N) is 2. The van der Waals surface area contributed by atoms with E-state index in [1.807, 2.05) is 44.3 Å². The molecule has 1 aromatic carbocycles. The molecule has 21 heavy (non-hydrogen) atoms. The molecule has 2 aromatic rings. The van der Waals surface area contributed by atoms with E-state index in [0.717, 1.165) is 28.9 Å². The van der Waals surface area contributed by atoms with Crippen LogP contribution in [-0.4, -0.2) is 23.6 Å². The lowest BCUT2D eigenvalue weighted by atomic mass is 10.3. The molecule has 1 saturated carbocycles. The molecule has 5 heteroatoms. The molecule has 0 atom stereocenters. The van der Waals surface area contributed by atoms with Crippen LogP contribution in [0.2, 0.25) is 0 Å². The predicted molar refractivity (Wildman–Crippen MR) is 84.4 cm³/mol. The maximum Gasteiger partial charge on any atom is 0.142 e. The van der Waals surface area contributed by atoms with E-state index in [-0.39, 0.29) is 0 Å². The van der Waals surface area contributed by atoms with Crippen LogP contribution >= 0.6 is 0 Å². The van der Waals surface area contributed by atoms with Crippen molar-refractivity contribution in [1.82, 2.24) is 9.97 Å². The molecular formula is C16H20N4O. The molecule has 0 saturated heterocycles. The predicted octanol–water partition coefficient (Wildman–Crippen LogP) is 3.54. The van der Waals surface area contributed by atoms with Crippen molar-refractivity contribution < 1.29 is 4.74 Å². The number of ether oxygens (including phenoxy) is 1. The number of anilines is 3. The van der Waals surface area contributed by atoms with Gasteiger partial charge in [0.2, 0.25) is 0 Å². The molecular weight excluding hydrogens is 264 g/mol. The van der Waals surface area contributed by atoms with E-state index in [1.165, 1.54) is 12.8 Å². The highest BCUT2D eigenvalue weighted by atomic mass is 16.5. The van der Waals surface area contributed by atoms with Crippen LogP contribution in [0.25, 0.3) is 0 Å². The van der Waals surface area contributed by atoms with Crippen molar-refractivity contribution in [3.05, 3.63) is 36.2 Å². The Morgan fingerprint density at radius 1 is 1.19 bits per heavy atom. The minimum Gasteiger partial charge on any atom is -0.492 e. The zero-order chi connectivity index (χ0) is 14.7. The Bertz CT molecular complexity index is 625. The van der Waals surface area contributed by atoms with Gasteiger partial charge in [-0.25, -0.2) is 9.97 Å². The van der Waals surface area contributed by atoms with E-state index in [2.05, 4.69) is 20.6 Å². The van der Waals surface area contributed by atoms with Crippen molar-refractivity contribution in [2.24, 2.45) is 0 Å². The second kappa shape index (κ2) is 5.99. The summed E-state index contributed by atoms with van der Waals surface area (Å²) in [4.78, 5) is 9.14. The summed E-state index contributed by atoms with van der Waals surface area (Å²) < 4.78 is 5.63. The van der Waals surface area contributed by atoms with Crippen molar-refractivity contribution >= 4 is 17.3 Å². The van der Waals surface area contributed by atoms with E-state index in [1.54, 1.807) is 0 Å². The first-order valence-electron chi connectivity index (χ1n) is 7.35. The monoisotopic (exact) mass is 284 g/mol. The van der Waals surface area contributed by atoms with Crippen LogP contribution in [0.15, 0.2) is 30.3 Å². The SMILES string of the molecule is CCOc1ccccc1Nc1cc(NC)nc(C2CC2)n1. The molecule has 0 amide bonds. The van der Waals surface area contributed by atoms with Gasteiger partial charge in [0.25, 0.3) is 0 Å². The summed E-state index contributed by atoms with van der Waals surface area (Å²) in [5.41, 5.74) is 0.918. The van der Waals surface area contributed by atoms with Crippen molar-refractivity contribution in [3.63, 3.8) is 0 Å². The van der Waals surface area contributed by atoms with Crippen molar-refractivity contribution in [3.8, 4) is 5.75 Å². The highest BCUT2D eigenvalue weighted by molar-refractivity contribution is 5.65. The van der Waals surface area contributed by atoms with Crippen LogP contribution < -0.4 is 15.4 Å². The highest BCUT2D eigenvalue weighted by Gasteiger charge is 2.27. The molecule has 0 spiro atoms. The van der Waals surface area contributed by atoms with Gasteiger partial charge in [0.15, 0.2) is 0 Å². The molecule has 1 aliphatic carbocycles. The van der Waals surface area contributed by atoms with E-state index in [0.29, 0.717) is 12.5 Å². The summed E-state index contributed by atoms with van der Waals surface area (Å²) in [6.07, 6.45) is 2.37. The molecule has 1 aromatic heterocycles. The number of rotatable bonds is 6. The molecule has 110 valence electrons. The molecule has 2 N–H and O–H groups in total. The zero-order valence-corrected chi connectivity index (χ0v) is 12.4. The van der Waals surface area contributed by atoms with Crippen LogP contribution in [0.1, 0.15) is 31.5 Å². The molecule has 1 aliphatic rings. The van der Waals surface area contributed by atoms with Crippen molar-refractivity contribution in [2.75, 3.05) is 24.3 Å². The van der Waals surface area contributed by atoms with Crippen LogP contribution in [-0.2, 0) is 0 Å². The molecule has 3 rings (SSSR count). The summed E-state index contributed by atoms with van der Waals surface area (Å²) in [5.74, 6) is 3.89. The average Bonchev–Trinajstić information content (AvgIpc) is 3.34. The van der Waals surface area contributed by atoms with E-state index < -0.39 is 0 Å². The first-order valence-corrected chi connectivity index (χ1v) is 7.35. The fourth-order valence-corrected chi connectivity index (χ4v) is 2.17. The highest BCUT2D eigenvalue weighted by Crippen LogP contribution is 2.39. The Balaban J connectivity index is 1.88. The fourth-order valence-electron chi connectivity index (χ4n) is 2.17. The summed E-state index contributed by atoms with van der Waals surface area (Å²) in [5, 5.41) is 6.43. The van der Waals surface area contributed by atoms with Gasteiger partial charge in [-0.15, -0.1) is 0 Å². The molecule has 0 unspecified atom stereocenters. The number of hydrogen-bond acceptors (Lipinski definition) is 5. The Morgan fingerprint density at radius 3 is 2.67 bits per heavy atom. The number of aromatic nitrogens is 2. The number of hydrogen-bond donors (Lipinski definition) is 2. The van der Waals surface area contributed by atoms with Crippen molar-refractivity contribution in [2.45, 2.75) is 25.7 Å². The quantitative estimate of drug-likeness (QED) is 0.849. The normalized spacial score (nSPS) is 13.8. The lowest BCUT2D eigenvalue weighted by Gasteiger charge is -2.13. The van der Waals surface area contributed by atoms with Gasteiger partial charge in [-0.05, 0) is 31.9 Å². The second-order valence-corrected chi connectivity index (χ2v) is 5.08.